The second kappa shape index (κ2) is 1.48. The zero-order chi connectivity index (χ0) is 3.54. The molecular formula is C3H4NS. The van der Waals surface area contributed by atoms with Crippen LogP contribution in [-0.2, 0) is 0 Å². The average Bonchev–Trinajstić information content (AvgIpc) is 1.76. The summed E-state index contributed by atoms with van der Waals surface area (Å²) < 4.78 is 3.89. The van der Waals surface area contributed by atoms with Crippen molar-refractivity contribution >= 4 is 11.9 Å². The van der Waals surface area contributed by atoms with Gasteiger partial charge < -0.3 is 0 Å². The molecule has 27 valence electrons. The van der Waals surface area contributed by atoms with Gasteiger partial charge in [0.15, 0.2) is 0 Å². The molecule has 1 nitrogen and oxygen atoms in total. The molecule has 0 unspecified atom stereocenters. The van der Waals surface area contributed by atoms with E-state index in [1.165, 1.54) is 11.9 Å². The van der Waals surface area contributed by atoms with E-state index in [1.807, 2.05) is 11.5 Å². The monoisotopic (exact) mass is 86.0 g/mol. The highest BCUT2D eigenvalue weighted by molar-refractivity contribution is 8.00. The van der Waals surface area contributed by atoms with Crippen LogP contribution in [0.4, 0.5) is 0 Å². The van der Waals surface area contributed by atoms with Gasteiger partial charge in [-0.15, -0.1) is 0 Å². The molecule has 1 aliphatic rings. The first kappa shape index (κ1) is 3.25. The molecule has 0 saturated carbocycles. The number of hydrogen-bond acceptors (Lipinski definition) is 1. The Bertz CT molecular complexity index is 44.9. The fourth-order valence-electron chi connectivity index (χ4n) is 0.215. The topological polar surface area (TPSA) is 14.1 Å². The van der Waals surface area contributed by atoms with Crippen molar-refractivity contribution < 1.29 is 0 Å². The summed E-state index contributed by atoms with van der Waals surface area (Å²) in [5.41, 5.74) is 0. The molecule has 0 N–H and O–H groups in total. The van der Waals surface area contributed by atoms with Gasteiger partial charge in [0.05, 0.1) is 0 Å². The molecule has 0 aromatic heterocycles. The van der Waals surface area contributed by atoms with Gasteiger partial charge in [-0.05, 0) is 17.4 Å². The first-order valence-corrected chi connectivity index (χ1v) is 2.31. The third-order valence-electron chi connectivity index (χ3n) is 0.412. The predicted molar refractivity (Wildman–Crippen MR) is 23.7 cm³/mol. The van der Waals surface area contributed by atoms with E-state index < -0.39 is 0 Å². The maximum Gasteiger partial charge on any atom is 0.0449 e. The first-order chi connectivity index (χ1) is 2.50. The van der Waals surface area contributed by atoms with E-state index in [4.69, 9.17) is 0 Å². The quantitative estimate of drug-likeness (QED) is 0.397. The van der Waals surface area contributed by atoms with E-state index in [2.05, 4.69) is 4.72 Å². The van der Waals surface area contributed by atoms with Crippen molar-refractivity contribution in [3.05, 3.63) is 11.5 Å². The highest BCUT2D eigenvalue weighted by Gasteiger charge is 1.85. The van der Waals surface area contributed by atoms with Crippen molar-refractivity contribution in [1.82, 2.24) is 4.72 Å². The minimum absolute atomic E-state index is 0.907. The summed E-state index contributed by atoms with van der Waals surface area (Å²) >= 11 is 1.52. The van der Waals surface area contributed by atoms with Crippen LogP contribution in [0.5, 0.6) is 0 Å². The molecule has 0 amide bonds. The highest BCUT2D eigenvalue weighted by Crippen LogP contribution is 2.02. The molecule has 0 aliphatic carbocycles. The summed E-state index contributed by atoms with van der Waals surface area (Å²) in [4.78, 5) is 0. The second-order valence-electron chi connectivity index (χ2n) is 0.789. The van der Waals surface area contributed by atoms with Crippen LogP contribution in [0.1, 0.15) is 0 Å². The summed E-state index contributed by atoms with van der Waals surface area (Å²) in [5, 5.41) is 1.99. The summed E-state index contributed by atoms with van der Waals surface area (Å²) in [7, 11) is 0. The molecule has 0 saturated heterocycles. The lowest BCUT2D eigenvalue weighted by atomic mass is 10.7. The lowest BCUT2D eigenvalue weighted by molar-refractivity contribution is 1.14. The van der Waals surface area contributed by atoms with E-state index in [-0.39, 0.29) is 0 Å². The zero-order valence-electron chi connectivity index (χ0n) is 2.72. The maximum absolute atomic E-state index is 3.89. The third kappa shape index (κ3) is 0.667. The Morgan fingerprint density at radius 1 is 1.80 bits per heavy atom. The van der Waals surface area contributed by atoms with Crippen molar-refractivity contribution in [2.45, 2.75) is 0 Å². The predicted octanol–water partition coefficient (Wildman–Crippen LogP) is 0.766. The van der Waals surface area contributed by atoms with Gasteiger partial charge in [-0.2, -0.15) is 4.72 Å². The van der Waals surface area contributed by atoms with Crippen LogP contribution in [0.25, 0.3) is 0 Å². The molecular weight excluding hydrogens is 82.1 g/mol. The van der Waals surface area contributed by atoms with Gasteiger partial charge in [-0.3, -0.25) is 0 Å². The van der Waals surface area contributed by atoms with E-state index in [1.54, 1.807) is 0 Å². The molecule has 1 rings (SSSR count). The van der Waals surface area contributed by atoms with Gasteiger partial charge in [0.1, 0.15) is 0 Å². The van der Waals surface area contributed by atoms with Crippen LogP contribution in [0, 0.1) is 0 Å². The van der Waals surface area contributed by atoms with Crippen LogP contribution >= 0.6 is 11.9 Å². The summed E-state index contributed by atoms with van der Waals surface area (Å²) in [6.07, 6.45) is 2.03. The van der Waals surface area contributed by atoms with Crippen LogP contribution in [-0.4, -0.2) is 6.54 Å². The minimum Gasteiger partial charge on any atom is -0.167 e. The Hall–Kier alpha value is 0.0500. The Balaban J connectivity index is 2.32. The molecule has 1 radical (unpaired) electrons. The number of rotatable bonds is 0. The first-order valence-electron chi connectivity index (χ1n) is 1.48. The van der Waals surface area contributed by atoms with E-state index in [9.17, 15) is 0 Å². The largest absolute Gasteiger partial charge is 0.167 e. The van der Waals surface area contributed by atoms with Crippen molar-refractivity contribution in [2.75, 3.05) is 6.54 Å². The molecule has 1 heterocycles. The van der Waals surface area contributed by atoms with Gasteiger partial charge in [0.2, 0.25) is 0 Å². The lowest BCUT2D eigenvalue weighted by Gasteiger charge is -1.71. The molecule has 0 bridgehead atoms. The van der Waals surface area contributed by atoms with Crippen molar-refractivity contribution in [3.63, 3.8) is 0 Å². The molecule has 0 aromatic carbocycles. The van der Waals surface area contributed by atoms with Crippen LogP contribution in [0.15, 0.2) is 11.5 Å². The summed E-state index contributed by atoms with van der Waals surface area (Å²) in [6.45, 7) is 0.907. The second-order valence-corrected chi connectivity index (χ2v) is 1.53. The zero-order valence-corrected chi connectivity index (χ0v) is 3.53. The SMILES string of the molecule is C1=CS[N]C1. The summed E-state index contributed by atoms with van der Waals surface area (Å²) in [6, 6.07) is 0. The third-order valence-corrected chi connectivity index (χ3v) is 1.02. The van der Waals surface area contributed by atoms with Gasteiger partial charge in [-0.25, -0.2) is 0 Å². The smallest absolute Gasteiger partial charge is 0.0449 e. The Kier molecular flexibility index (Phi) is 0.960. The molecule has 1 aliphatic heterocycles. The fourth-order valence-corrected chi connectivity index (χ4v) is 0.645. The highest BCUT2D eigenvalue weighted by atomic mass is 32.2. The molecule has 5 heavy (non-hydrogen) atoms. The van der Waals surface area contributed by atoms with E-state index in [0.717, 1.165) is 6.54 Å². The van der Waals surface area contributed by atoms with Gasteiger partial charge >= 0.3 is 0 Å². The normalized spacial score (nSPS) is 20.8. The standard InChI is InChI=1S/C3H4NS/c1-2-4-5-3-1/h1,3H,2H2. The molecule has 0 aromatic rings. The van der Waals surface area contributed by atoms with Crippen molar-refractivity contribution in [2.24, 2.45) is 0 Å². The van der Waals surface area contributed by atoms with Crippen LogP contribution < -0.4 is 4.72 Å². The Morgan fingerprint density at radius 2 is 2.80 bits per heavy atom. The summed E-state index contributed by atoms with van der Waals surface area (Å²) in [5.74, 6) is 0. The van der Waals surface area contributed by atoms with Crippen molar-refractivity contribution in [3.8, 4) is 0 Å². The van der Waals surface area contributed by atoms with Crippen LogP contribution in [0.3, 0.4) is 0 Å². The molecule has 0 atom stereocenters. The minimum atomic E-state index is 0.907. The Labute approximate surface area is 35.6 Å². The lowest BCUT2D eigenvalue weighted by Crippen LogP contribution is -1.81. The van der Waals surface area contributed by atoms with E-state index >= 15 is 0 Å². The van der Waals surface area contributed by atoms with Crippen LogP contribution in [0.2, 0.25) is 0 Å². The van der Waals surface area contributed by atoms with Crippen molar-refractivity contribution in [1.29, 1.82) is 0 Å². The average molecular weight is 86.1 g/mol. The fraction of sp³-hybridized carbons (Fsp3) is 0.333. The van der Waals surface area contributed by atoms with Gasteiger partial charge in [0, 0.05) is 6.54 Å². The molecule has 0 fully saturated rings. The Morgan fingerprint density at radius 3 is 3.00 bits per heavy atom. The maximum atomic E-state index is 3.89. The molecule has 2 heteroatoms. The number of nitrogens with zero attached hydrogens (tertiary/aromatic N) is 1. The number of hydrogen-bond donors (Lipinski definition) is 0. The van der Waals surface area contributed by atoms with Gasteiger partial charge in [0.25, 0.3) is 0 Å². The molecule has 0 spiro atoms. The van der Waals surface area contributed by atoms with Gasteiger partial charge in [-0.1, -0.05) is 6.08 Å². The van der Waals surface area contributed by atoms with E-state index in [0.29, 0.717) is 0 Å².